The van der Waals surface area contributed by atoms with Gasteiger partial charge in [-0.1, -0.05) is 0 Å². The number of hydrogen-bond acceptors (Lipinski definition) is 4. The number of likely N-dealkylation sites (tertiary alicyclic amines) is 1. The topological polar surface area (TPSA) is 54.2 Å². The summed E-state index contributed by atoms with van der Waals surface area (Å²) >= 11 is 0. The Balaban J connectivity index is 1.57. The Kier molecular flexibility index (Phi) is 4.08. The van der Waals surface area contributed by atoms with Gasteiger partial charge in [-0.25, -0.2) is 9.67 Å². The van der Waals surface area contributed by atoms with Crippen molar-refractivity contribution in [3.05, 3.63) is 11.6 Å². The summed E-state index contributed by atoms with van der Waals surface area (Å²) in [6, 6.07) is 0.662. The summed E-state index contributed by atoms with van der Waals surface area (Å²) in [6.07, 6.45) is 4.95. The summed E-state index contributed by atoms with van der Waals surface area (Å²) < 4.78 is 1.91. The van der Waals surface area contributed by atoms with Crippen molar-refractivity contribution in [2.75, 3.05) is 13.1 Å². The van der Waals surface area contributed by atoms with Gasteiger partial charge >= 0.3 is 0 Å². The molecule has 1 aromatic rings. The molecule has 1 N–H and O–H groups in total. The average Bonchev–Trinajstić information content (AvgIpc) is 2.80. The van der Waals surface area contributed by atoms with Crippen molar-refractivity contribution in [1.29, 1.82) is 0 Å². The molecule has 2 aliphatic rings. The molecule has 0 spiro atoms. The Labute approximate surface area is 121 Å². The summed E-state index contributed by atoms with van der Waals surface area (Å²) in [6.45, 7) is 7.57. The molecule has 1 atom stereocenters. The zero-order valence-electron chi connectivity index (χ0n) is 12.6. The Morgan fingerprint density at radius 1 is 1.25 bits per heavy atom. The van der Waals surface area contributed by atoms with Crippen LogP contribution in [0.25, 0.3) is 0 Å². The minimum atomic E-state index is -0.244. The van der Waals surface area contributed by atoms with Crippen LogP contribution in [0.15, 0.2) is 0 Å². The highest BCUT2D eigenvalue weighted by Gasteiger charge is 2.24. The van der Waals surface area contributed by atoms with E-state index in [9.17, 15) is 5.11 Å². The Morgan fingerprint density at radius 2 is 2.00 bits per heavy atom. The quantitative estimate of drug-likeness (QED) is 0.904. The number of nitrogens with zero attached hydrogens (tertiary/aromatic N) is 4. The molecule has 20 heavy (non-hydrogen) atoms. The van der Waals surface area contributed by atoms with Gasteiger partial charge in [0.15, 0.2) is 5.82 Å². The first-order chi connectivity index (χ1) is 9.61. The molecule has 0 bridgehead atoms. The maximum absolute atomic E-state index is 9.67. The second-order valence-corrected chi connectivity index (χ2v) is 6.60. The van der Waals surface area contributed by atoms with Gasteiger partial charge in [0.25, 0.3) is 0 Å². The first-order valence-electron chi connectivity index (χ1n) is 7.96. The van der Waals surface area contributed by atoms with Gasteiger partial charge in [-0.3, -0.25) is 0 Å². The molecule has 0 radical (unpaired) electrons. The fourth-order valence-corrected chi connectivity index (χ4v) is 3.36. The van der Waals surface area contributed by atoms with Gasteiger partial charge in [0.2, 0.25) is 0 Å². The van der Waals surface area contributed by atoms with E-state index >= 15 is 0 Å². The number of piperidine rings is 1. The summed E-state index contributed by atoms with van der Waals surface area (Å²) in [5.74, 6) is 2.77. The van der Waals surface area contributed by atoms with E-state index in [1.807, 2.05) is 4.68 Å². The lowest BCUT2D eigenvalue weighted by Gasteiger charge is -2.34. The number of fused-ring (bicyclic) bond motifs is 1. The summed E-state index contributed by atoms with van der Waals surface area (Å²) in [7, 11) is 0. The molecule has 1 saturated heterocycles. The number of rotatable bonds is 3. The predicted molar refractivity (Wildman–Crippen MR) is 77.5 cm³/mol. The van der Waals surface area contributed by atoms with Crippen LogP contribution in [-0.4, -0.2) is 50.0 Å². The Morgan fingerprint density at radius 3 is 2.70 bits per heavy atom. The molecule has 1 aromatic heterocycles. The van der Waals surface area contributed by atoms with Crippen LogP contribution in [0.1, 0.15) is 44.8 Å². The maximum atomic E-state index is 9.67. The smallest absolute Gasteiger partial charge is 0.151 e. The summed E-state index contributed by atoms with van der Waals surface area (Å²) in [5, 5.41) is 14.3. The van der Waals surface area contributed by atoms with Crippen LogP contribution in [0.5, 0.6) is 0 Å². The first-order valence-corrected chi connectivity index (χ1v) is 7.96. The van der Waals surface area contributed by atoms with E-state index in [2.05, 4.69) is 28.8 Å². The number of aliphatic hydroxyl groups excluding tert-OH is 1. The molecule has 2 aliphatic heterocycles. The zero-order valence-corrected chi connectivity index (χ0v) is 12.6. The van der Waals surface area contributed by atoms with E-state index in [1.165, 1.54) is 25.9 Å². The van der Waals surface area contributed by atoms with Crippen molar-refractivity contribution in [2.45, 2.75) is 64.6 Å². The first kappa shape index (κ1) is 14.0. The lowest BCUT2D eigenvalue weighted by atomic mass is 9.93. The van der Waals surface area contributed by atoms with Crippen LogP contribution < -0.4 is 0 Å². The molecule has 3 heterocycles. The fraction of sp³-hybridized carbons (Fsp3) is 0.867. The number of aromatic nitrogens is 3. The normalized spacial score (nSPS) is 25.1. The Bertz CT molecular complexity index is 449. The minimum absolute atomic E-state index is 0.244. The number of aliphatic hydroxyl groups is 1. The van der Waals surface area contributed by atoms with E-state index < -0.39 is 0 Å². The molecular weight excluding hydrogens is 252 g/mol. The molecule has 5 heteroatoms. The van der Waals surface area contributed by atoms with Crippen molar-refractivity contribution in [1.82, 2.24) is 19.7 Å². The largest absolute Gasteiger partial charge is 0.391 e. The Hall–Kier alpha value is -0.940. The van der Waals surface area contributed by atoms with Crippen molar-refractivity contribution >= 4 is 0 Å². The third-order valence-electron chi connectivity index (χ3n) is 4.73. The fourth-order valence-electron chi connectivity index (χ4n) is 3.36. The molecular formula is C15H26N4O. The van der Waals surface area contributed by atoms with Crippen molar-refractivity contribution in [2.24, 2.45) is 5.92 Å². The van der Waals surface area contributed by atoms with Gasteiger partial charge in [0.05, 0.1) is 12.6 Å². The summed E-state index contributed by atoms with van der Waals surface area (Å²) in [5.41, 5.74) is 0. The van der Waals surface area contributed by atoms with Crippen LogP contribution >= 0.6 is 0 Å². The van der Waals surface area contributed by atoms with E-state index in [-0.39, 0.29) is 6.10 Å². The molecule has 5 nitrogen and oxygen atoms in total. The molecule has 0 saturated carbocycles. The molecule has 0 aliphatic carbocycles. The van der Waals surface area contributed by atoms with E-state index in [4.69, 9.17) is 0 Å². The van der Waals surface area contributed by atoms with Crippen LogP contribution in [0.2, 0.25) is 0 Å². The second-order valence-electron chi connectivity index (χ2n) is 6.60. The van der Waals surface area contributed by atoms with Crippen molar-refractivity contribution in [3.63, 3.8) is 0 Å². The molecule has 3 rings (SSSR count). The average molecular weight is 278 g/mol. The molecule has 1 unspecified atom stereocenters. The highest BCUT2D eigenvalue weighted by atomic mass is 16.3. The predicted octanol–water partition coefficient (Wildman–Crippen LogP) is 1.25. The lowest BCUT2D eigenvalue weighted by Crippen LogP contribution is -2.38. The van der Waals surface area contributed by atoms with Gasteiger partial charge < -0.3 is 10.0 Å². The molecule has 0 amide bonds. The standard InChI is InChI=1S/C15H26N4O/c1-11(2)18-7-5-12(6-8-18)9-14-16-15-4-3-13(20)10-19(15)17-14/h11-13,20H,3-10H2,1-2H3. The third kappa shape index (κ3) is 3.04. The van der Waals surface area contributed by atoms with Crippen LogP contribution in [-0.2, 0) is 19.4 Å². The SMILES string of the molecule is CC(C)N1CCC(Cc2nc3n(n2)CC(O)CC3)CC1. The minimum Gasteiger partial charge on any atom is -0.391 e. The van der Waals surface area contributed by atoms with Gasteiger partial charge in [0.1, 0.15) is 5.82 Å². The zero-order chi connectivity index (χ0) is 14.1. The van der Waals surface area contributed by atoms with E-state index in [1.54, 1.807) is 0 Å². The van der Waals surface area contributed by atoms with Gasteiger partial charge in [0, 0.05) is 18.9 Å². The lowest BCUT2D eigenvalue weighted by molar-refractivity contribution is 0.124. The highest BCUT2D eigenvalue weighted by molar-refractivity contribution is 4.98. The second kappa shape index (κ2) is 5.82. The van der Waals surface area contributed by atoms with Gasteiger partial charge in [-0.2, -0.15) is 5.10 Å². The van der Waals surface area contributed by atoms with Crippen LogP contribution in [0.4, 0.5) is 0 Å². The van der Waals surface area contributed by atoms with Crippen molar-refractivity contribution in [3.8, 4) is 0 Å². The molecule has 112 valence electrons. The molecule has 1 fully saturated rings. The molecule has 0 aromatic carbocycles. The van der Waals surface area contributed by atoms with E-state index in [0.29, 0.717) is 12.6 Å². The highest BCUT2D eigenvalue weighted by Crippen LogP contribution is 2.22. The van der Waals surface area contributed by atoms with Crippen LogP contribution in [0.3, 0.4) is 0 Å². The number of hydrogen-bond donors (Lipinski definition) is 1. The monoisotopic (exact) mass is 278 g/mol. The van der Waals surface area contributed by atoms with E-state index in [0.717, 1.165) is 36.8 Å². The van der Waals surface area contributed by atoms with Gasteiger partial charge in [-0.05, 0) is 52.1 Å². The summed E-state index contributed by atoms with van der Waals surface area (Å²) in [4.78, 5) is 7.21. The van der Waals surface area contributed by atoms with Gasteiger partial charge in [-0.15, -0.1) is 0 Å². The van der Waals surface area contributed by atoms with Crippen LogP contribution in [0, 0.1) is 5.92 Å². The number of aryl methyl sites for hydroxylation is 1. The van der Waals surface area contributed by atoms with Crippen molar-refractivity contribution < 1.29 is 5.11 Å². The maximum Gasteiger partial charge on any atom is 0.151 e. The third-order valence-corrected chi connectivity index (χ3v) is 4.73.